The number of hydrogen-bond donors (Lipinski definition) is 2. The number of carbonyl (C=O) groups excluding carboxylic acids is 1. The van der Waals surface area contributed by atoms with Crippen LogP contribution in [0.2, 0.25) is 0 Å². The van der Waals surface area contributed by atoms with Gasteiger partial charge in [-0.15, -0.1) is 0 Å². The first-order chi connectivity index (χ1) is 10.1. The highest BCUT2D eigenvalue weighted by molar-refractivity contribution is 5.85. The Balaban J connectivity index is 2.26. The van der Waals surface area contributed by atoms with Crippen LogP contribution in [0.4, 0.5) is 0 Å². The highest BCUT2D eigenvalue weighted by atomic mass is 16.5. The largest absolute Gasteiger partial charge is 0.507 e. The first kappa shape index (κ1) is 17.1. The second kappa shape index (κ2) is 9.90. The number of hydrazone groups is 1. The van der Waals surface area contributed by atoms with E-state index in [0.29, 0.717) is 18.7 Å². The van der Waals surface area contributed by atoms with Crippen LogP contribution in [0.5, 0.6) is 5.75 Å². The number of nitrogens with zero attached hydrogens (tertiary/aromatic N) is 2. The highest BCUT2D eigenvalue weighted by Crippen LogP contribution is 2.12. The van der Waals surface area contributed by atoms with Crippen LogP contribution in [0.3, 0.4) is 0 Å². The molecule has 116 valence electrons. The molecule has 1 aromatic rings. The SMILES string of the molecule is CCCOCCN(C)CC(=O)N/N=C/c1ccccc1O. The summed E-state index contributed by atoms with van der Waals surface area (Å²) in [6, 6.07) is 6.78. The molecule has 0 aromatic heterocycles. The minimum absolute atomic E-state index is 0.126. The van der Waals surface area contributed by atoms with Gasteiger partial charge in [0.25, 0.3) is 5.91 Å². The molecule has 0 fully saturated rings. The molecule has 0 saturated heterocycles. The maximum Gasteiger partial charge on any atom is 0.254 e. The van der Waals surface area contributed by atoms with Gasteiger partial charge in [-0.25, -0.2) is 5.43 Å². The Kier molecular flexibility index (Phi) is 8.08. The predicted octanol–water partition coefficient (Wildman–Crippen LogP) is 1.20. The van der Waals surface area contributed by atoms with Crippen molar-refractivity contribution in [3.63, 3.8) is 0 Å². The molecule has 0 heterocycles. The quantitative estimate of drug-likeness (QED) is 0.407. The second-order valence-electron chi connectivity index (χ2n) is 4.70. The number of benzene rings is 1. The standard InChI is InChI=1S/C15H23N3O3/c1-3-9-21-10-8-18(2)12-15(20)17-16-11-13-6-4-5-7-14(13)19/h4-7,11,19H,3,8-10,12H2,1-2H3,(H,17,20)/b16-11+. The Hall–Kier alpha value is -1.92. The number of amides is 1. The Morgan fingerprint density at radius 1 is 1.43 bits per heavy atom. The zero-order valence-electron chi connectivity index (χ0n) is 12.6. The summed E-state index contributed by atoms with van der Waals surface area (Å²) >= 11 is 0. The highest BCUT2D eigenvalue weighted by Gasteiger charge is 2.05. The first-order valence-corrected chi connectivity index (χ1v) is 6.99. The number of rotatable bonds is 9. The Morgan fingerprint density at radius 3 is 2.90 bits per heavy atom. The van der Waals surface area contributed by atoms with Crippen LogP contribution in [0.15, 0.2) is 29.4 Å². The van der Waals surface area contributed by atoms with Gasteiger partial charge in [0.2, 0.25) is 0 Å². The molecular formula is C15H23N3O3. The summed E-state index contributed by atoms with van der Waals surface area (Å²) in [7, 11) is 1.85. The van der Waals surface area contributed by atoms with Gasteiger partial charge in [-0.1, -0.05) is 19.1 Å². The third-order valence-corrected chi connectivity index (χ3v) is 2.71. The number of ether oxygens (including phenoxy) is 1. The van der Waals surface area contributed by atoms with Gasteiger partial charge >= 0.3 is 0 Å². The van der Waals surface area contributed by atoms with Crippen LogP contribution < -0.4 is 5.43 Å². The molecule has 0 saturated carbocycles. The van der Waals surface area contributed by atoms with Gasteiger partial charge in [0, 0.05) is 18.7 Å². The minimum Gasteiger partial charge on any atom is -0.507 e. The average molecular weight is 293 g/mol. The Bertz CT molecular complexity index is 463. The number of hydrogen-bond acceptors (Lipinski definition) is 5. The van der Waals surface area contributed by atoms with E-state index in [4.69, 9.17) is 4.74 Å². The van der Waals surface area contributed by atoms with E-state index in [2.05, 4.69) is 17.5 Å². The molecule has 2 N–H and O–H groups in total. The van der Waals surface area contributed by atoms with Crippen molar-refractivity contribution in [1.82, 2.24) is 10.3 Å². The number of carbonyl (C=O) groups is 1. The lowest BCUT2D eigenvalue weighted by Gasteiger charge is -2.14. The van der Waals surface area contributed by atoms with Crippen molar-refractivity contribution < 1.29 is 14.6 Å². The van der Waals surface area contributed by atoms with E-state index in [0.717, 1.165) is 13.0 Å². The molecule has 0 unspecified atom stereocenters. The van der Waals surface area contributed by atoms with Crippen molar-refractivity contribution in [1.29, 1.82) is 0 Å². The molecule has 6 nitrogen and oxygen atoms in total. The summed E-state index contributed by atoms with van der Waals surface area (Å²) in [6.07, 6.45) is 2.41. The number of aromatic hydroxyl groups is 1. The van der Waals surface area contributed by atoms with Crippen molar-refractivity contribution in [3.05, 3.63) is 29.8 Å². The molecule has 0 atom stereocenters. The Labute approximate surface area is 125 Å². The molecule has 0 aliphatic carbocycles. The van der Waals surface area contributed by atoms with E-state index in [1.54, 1.807) is 24.3 Å². The summed E-state index contributed by atoms with van der Waals surface area (Å²) < 4.78 is 5.36. The lowest BCUT2D eigenvalue weighted by molar-refractivity contribution is -0.122. The third-order valence-electron chi connectivity index (χ3n) is 2.71. The summed E-state index contributed by atoms with van der Waals surface area (Å²) in [5.41, 5.74) is 2.98. The predicted molar refractivity (Wildman–Crippen MR) is 82.5 cm³/mol. The molecule has 1 amide bonds. The van der Waals surface area contributed by atoms with E-state index in [-0.39, 0.29) is 18.2 Å². The topological polar surface area (TPSA) is 74.2 Å². The van der Waals surface area contributed by atoms with E-state index >= 15 is 0 Å². The van der Waals surface area contributed by atoms with Crippen molar-refractivity contribution in [2.75, 3.05) is 33.4 Å². The zero-order chi connectivity index (χ0) is 15.5. The molecule has 1 aromatic carbocycles. The van der Waals surface area contributed by atoms with Crippen molar-refractivity contribution in [3.8, 4) is 5.75 Å². The maximum atomic E-state index is 11.6. The van der Waals surface area contributed by atoms with Crippen LogP contribution in [0, 0.1) is 0 Å². The Morgan fingerprint density at radius 2 is 2.19 bits per heavy atom. The maximum absolute atomic E-state index is 11.6. The van der Waals surface area contributed by atoms with Gasteiger partial charge < -0.3 is 9.84 Å². The van der Waals surface area contributed by atoms with Gasteiger partial charge in [0.05, 0.1) is 19.4 Å². The molecule has 0 radical (unpaired) electrons. The van der Waals surface area contributed by atoms with Crippen LogP contribution in [-0.4, -0.2) is 55.5 Å². The molecule has 0 aliphatic heterocycles. The number of phenols is 1. The van der Waals surface area contributed by atoms with Crippen molar-refractivity contribution in [2.24, 2.45) is 5.10 Å². The molecule has 21 heavy (non-hydrogen) atoms. The molecule has 0 bridgehead atoms. The third kappa shape index (κ3) is 7.43. The van der Waals surface area contributed by atoms with E-state index < -0.39 is 0 Å². The van der Waals surface area contributed by atoms with Gasteiger partial charge in [-0.05, 0) is 25.6 Å². The first-order valence-electron chi connectivity index (χ1n) is 6.99. The summed E-state index contributed by atoms with van der Waals surface area (Å²) in [5, 5.41) is 13.4. The summed E-state index contributed by atoms with van der Waals surface area (Å²) in [5.74, 6) is -0.0830. The van der Waals surface area contributed by atoms with Crippen LogP contribution in [0.25, 0.3) is 0 Å². The molecule has 0 aliphatic rings. The van der Waals surface area contributed by atoms with Crippen LogP contribution in [-0.2, 0) is 9.53 Å². The normalized spacial score (nSPS) is 11.2. The number of likely N-dealkylation sites (N-methyl/N-ethyl adjacent to an activating group) is 1. The molecule has 1 rings (SSSR count). The summed E-state index contributed by atoms with van der Waals surface area (Å²) in [6.45, 7) is 4.34. The number of nitrogens with one attached hydrogen (secondary N) is 1. The second-order valence-corrected chi connectivity index (χ2v) is 4.70. The lowest BCUT2D eigenvalue weighted by atomic mass is 10.2. The molecular weight excluding hydrogens is 270 g/mol. The molecule has 0 spiro atoms. The molecule has 6 heteroatoms. The monoisotopic (exact) mass is 293 g/mol. The fraction of sp³-hybridized carbons (Fsp3) is 0.467. The zero-order valence-corrected chi connectivity index (χ0v) is 12.6. The lowest BCUT2D eigenvalue weighted by Crippen LogP contribution is -2.34. The smallest absolute Gasteiger partial charge is 0.254 e. The summed E-state index contributed by atoms with van der Waals surface area (Å²) in [4.78, 5) is 13.5. The van der Waals surface area contributed by atoms with Crippen molar-refractivity contribution in [2.45, 2.75) is 13.3 Å². The number of phenolic OH excluding ortho intramolecular Hbond substituents is 1. The number of para-hydroxylation sites is 1. The van der Waals surface area contributed by atoms with E-state index in [9.17, 15) is 9.90 Å². The van der Waals surface area contributed by atoms with Crippen molar-refractivity contribution >= 4 is 12.1 Å². The van der Waals surface area contributed by atoms with Crippen LogP contribution in [0.1, 0.15) is 18.9 Å². The van der Waals surface area contributed by atoms with E-state index in [1.807, 2.05) is 11.9 Å². The van der Waals surface area contributed by atoms with Gasteiger partial charge in [0.15, 0.2) is 0 Å². The average Bonchev–Trinajstić information content (AvgIpc) is 2.45. The van der Waals surface area contributed by atoms with Gasteiger partial charge in [-0.3, -0.25) is 9.69 Å². The fourth-order valence-electron chi connectivity index (χ4n) is 1.60. The van der Waals surface area contributed by atoms with Gasteiger partial charge in [-0.2, -0.15) is 5.10 Å². The fourth-order valence-corrected chi connectivity index (χ4v) is 1.60. The van der Waals surface area contributed by atoms with Gasteiger partial charge in [0.1, 0.15) is 5.75 Å². The van der Waals surface area contributed by atoms with E-state index in [1.165, 1.54) is 6.21 Å². The minimum atomic E-state index is -0.209. The van der Waals surface area contributed by atoms with Crippen LogP contribution >= 0.6 is 0 Å².